The highest BCUT2D eigenvalue weighted by atomic mass is 16.5. The molecule has 3 rings (SSSR count). The number of methoxy groups -OCH3 is 1. The molecule has 0 saturated carbocycles. The maximum absolute atomic E-state index is 12.7. The molecule has 0 N–H and O–H groups in total. The Hall–Kier alpha value is -3.28. The van der Waals surface area contributed by atoms with Gasteiger partial charge in [0, 0.05) is 6.07 Å². The van der Waals surface area contributed by atoms with Gasteiger partial charge in [-0.15, -0.1) is 0 Å². The van der Waals surface area contributed by atoms with E-state index < -0.39 is 5.97 Å². The lowest BCUT2D eigenvalue weighted by atomic mass is 10.2. The molecule has 2 aromatic carbocycles. The molecule has 0 unspecified atom stereocenters. The first kappa shape index (κ1) is 17.5. The molecule has 6 heteroatoms. The Morgan fingerprint density at radius 1 is 1.08 bits per heavy atom. The molecule has 3 aromatic rings. The van der Waals surface area contributed by atoms with Crippen molar-refractivity contribution in [2.24, 2.45) is 0 Å². The number of carbonyl (C=O) groups is 1. The first-order valence-electron chi connectivity index (χ1n) is 8.10. The van der Waals surface area contributed by atoms with E-state index >= 15 is 0 Å². The Morgan fingerprint density at radius 3 is 2.42 bits per heavy atom. The zero-order valence-electron chi connectivity index (χ0n) is 14.7. The molecule has 0 aliphatic heterocycles. The second kappa shape index (κ2) is 7.31. The second-order valence-electron chi connectivity index (χ2n) is 5.53. The lowest BCUT2D eigenvalue weighted by Gasteiger charge is -2.10. The van der Waals surface area contributed by atoms with Gasteiger partial charge in [0.2, 0.25) is 11.2 Å². The van der Waals surface area contributed by atoms with E-state index in [1.807, 2.05) is 0 Å². The number of ether oxygens (including phenoxy) is 3. The molecule has 0 aliphatic carbocycles. The molecule has 0 spiro atoms. The van der Waals surface area contributed by atoms with Crippen LogP contribution in [0.25, 0.3) is 11.0 Å². The van der Waals surface area contributed by atoms with E-state index in [4.69, 9.17) is 18.6 Å². The molecule has 0 fully saturated rings. The summed E-state index contributed by atoms with van der Waals surface area (Å²) in [6.07, 6.45) is 0. The number of hydrogen-bond acceptors (Lipinski definition) is 6. The summed E-state index contributed by atoms with van der Waals surface area (Å²) in [5.74, 6) is 1.07. The zero-order chi connectivity index (χ0) is 18.7. The van der Waals surface area contributed by atoms with Gasteiger partial charge in [0.15, 0.2) is 0 Å². The van der Waals surface area contributed by atoms with Crippen LogP contribution in [-0.2, 0) is 4.74 Å². The number of fused-ring (bicyclic) bond motifs is 1. The average Bonchev–Trinajstić information content (AvgIpc) is 2.65. The third-order valence-electron chi connectivity index (χ3n) is 3.81. The Balaban J connectivity index is 1.93. The number of benzene rings is 2. The monoisotopic (exact) mass is 354 g/mol. The summed E-state index contributed by atoms with van der Waals surface area (Å²) in [5, 5.41) is 0.398. The van der Waals surface area contributed by atoms with Crippen LogP contribution in [0.4, 0.5) is 0 Å². The first-order valence-corrected chi connectivity index (χ1v) is 8.10. The Kier molecular flexibility index (Phi) is 4.93. The SMILES string of the molecule is CCOC(=O)c1ccc(Oc2c(C)oc3cc(OC)ccc3c2=O)cc1. The van der Waals surface area contributed by atoms with Crippen molar-refractivity contribution in [2.45, 2.75) is 13.8 Å². The fraction of sp³-hybridized carbons (Fsp3) is 0.200. The van der Waals surface area contributed by atoms with Crippen molar-refractivity contribution >= 4 is 16.9 Å². The Bertz CT molecular complexity index is 1000. The summed E-state index contributed by atoms with van der Waals surface area (Å²) in [7, 11) is 1.55. The number of esters is 1. The summed E-state index contributed by atoms with van der Waals surface area (Å²) in [6.45, 7) is 3.70. The van der Waals surface area contributed by atoms with Gasteiger partial charge in [0.25, 0.3) is 0 Å². The molecule has 26 heavy (non-hydrogen) atoms. The highest BCUT2D eigenvalue weighted by molar-refractivity contribution is 5.89. The first-order chi connectivity index (χ1) is 12.5. The van der Waals surface area contributed by atoms with Crippen LogP contribution in [0, 0.1) is 6.92 Å². The molecule has 1 aromatic heterocycles. The van der Waals surface area contributed by atoms with Crippen LogP contribution in [0.5, 0.6) is 17.2 Å². The smallest absolute Gasteiger partial charge is 0.338 e. The van der Waals surface area contributed by atoms with Crippen LogP contribution < -0.4 is 14.9 Å². The predicted molar refractivity (Wildman–Crippen MR) is 96.2 cm³/mol. The van der Waals surface area contributed by atoms with E-state index in [2.05, 4.69) is 0 Å². The second-order valence-corrected chi connectivity index (χ2v) is 5.53. The quantitative estimate of drug-likeness (QED) is 0.643. The molecular formula is C20H18O6. The van der Waals surface area contributed by atoms with Crippen molar-refractivity contribution in [1.29, 1.82) is 0 Å². The van der Waals surface area contributed by atoms with Crippen molar-refractivity contribution in [3.63, 3.8) is 0 Å². The maximum Gasteiger partial charge on any atom is 0.338 e. The van der Waals surface area contributed by atoms with Gasteiger partial charge in [0.05, 0.1) is 24.7 Å². The zero-order valence-corrected chi connectivity index (χ0v) is 14.7. The van der Waals surface area contributed by atoms with E-state index in [0.717, 1.165) is 0 Å². The van der Waals surface area contributed by atoms with Gasteiger partial charge in [-0.05, 0) is 50.2 Å². The van der Waals surface area contributed by atoms with Gasteiger partial charge in [-0.2, -0.15) is 0 Å². The summed E-state index contributed by atoms with van der Waals surface area (Å²) in [6, 6.07) is 11.3. The fourth-order valence-corrected chi connectivity index (χ4v) is 2.50. The lowest BCUT2D eigenvalue weighted by Crippen LogP contribution is -2.08. The van der Waals surface area contributed by atoms with Gasteiger partial charge in [0.1, 0.15) is 22.8 Å². The summed E-state index contributed by atoms with van der Waals surface area (Å²) in [4.78, 5) is 24.4. The molecule has 6 nitrogen and oxygen atoms in total. The van der Waals surface area contributed by atoms with Crippen LogP contribution in [0.2, 0.25) is 0 Å². The third-order valence-corrected chi connectivity index (χ3v) is 3.81. The van der Waals surface area contributed by atoms with Crippen molar-refractivity contribution in [1.82, 2.24) is 0 Å². The molecule has 134 valence electrons. The minimum absolute atomic E-state index is 0.103. The maximum atomic E-state index is 12.7. The third kappa shape index (κ3) is 3.39. The van der Waals surface area contributed by atoms with Gasteiger partial charge >= 0.3 is 5.97 Å². The number of rotatable bonds is 5. The standard InChI is InChI=1S/C20H18O6/c1-4-24-20(22)13-5-7-14(8-6-13)26-19-12(2)25-17-11-15(23-3)9-10-16(17)18(19)21/h5-11H,4H2,1-3H3. The molecule has 0 atom stereocenters. The Labute approximate surface area is 149 Å². The highest BCUT2D eigenvalue weighted by Gasteiger charge is 2.15. The summed E-state index contributed by atoms with van der Waals surface area (Å²) >= 11 is 0. The molecular weight excluding hydrogens is 336 g/mol. The predicted octanol–water partition coefficient (Wildman–Crippen LogP) is 4.08. The van der Waals surface area contributed by atoms with Gasteiger partial charge in [-0.3, -0.25) is 4.79 Å². The van der Waals surface area contributed by atoms with E-state index in [9.17, 15) is 9.59 Å². The van der Waals surface area contributed by atoms with E-state index in [1.54, 1.807) is 63.4 Å². The summed E-state index contributed by atoms with van der Waals surface area (Å²) in [5.41, 5.74) is 0.561. The minimum atomic E-state index is -0.408. The largest absolute Gasteiger partial charge is 0.497 e. The molecule has 0 radical (unpaired) electrons. The number of hydrogen-bond donors (Lipinski definition) is 0. The van der Waals surface area contributed by atoms with Gasteiger partial charge < -0.3 is 18.6 Å². The van der Waals surface area contributed by atoms with Crippen molar-refractivity contribution < 1.29 is 23.4 Å². The molecule has 0 amide bonds. The van der Waals surface area contributed by atoms with E-state index in [1.165, 1.54) is 0 Å². The van der Waals surface area contributed by atoms with Crippen LogP contribution in [-0.4, -0.2) is 19.7 Å². The minimum Gasteiger partial charge on any atom is -0.497 e. The van der Waals surface area contributed by atoms with E-state index in [0.29, 0.717) is 40.4 Å². The van der Waals surface area contributed by atoms with Crippen LogP contribution >= 0.6 is 0 Å². The fourth-order valence-electron chi connectivity index (χ4n) is 2.50. The molecule has 1 heterocycles. The van der Waals surface area contributed by atoms with Crippen molar-refractivity contribution in [2.75, 3.05) is 13.7 Å². The number of carbonyl (C=O) groups excluding carboxylic acids is 1. The highest BCUT2D eigenvalue weighted by Crippen LogP contribution is 2.27. The van der Waals surface area contributed by atoms with Gasteiger partial charge in [-0.1, -0.05) is 0 Å². The van der Waals surface area contributed by atoms with Crippen LogP contribution in [0.1, 0.15) is 23.0 Å². The topological polar surface area (TPSA) is 75.0 Å². The number of aryl methyl sites for hydroxylation is 1. The van der Waals surface area contributed by atoms with Crippen LogP contribution in [0.15, 0.2) is 51.7 Å². The Morgan fingerprint density at radius 2 is 1.77 bits per heavy atom. The van der Waals surface area contributed by atoms with Crippen molar-refractivity contribution in [3.05, 3.63) is 64.0 Å². The normalized spacial score (nSPS) is 10.6. The molecule has 0 saturated heterocycles. The molecule has 0 bridgehead atoms. The van der Waals surface area contributed by atoms with Crippen LogP contribution in [0.3, 0.4) is 0 Å². The average molecular weight is 354 g/mol. The van der Waals surface area contributed by atoms with Crippen molar-refractivity contribution in [3.8, 4) is 17.2 Å². The van der Waals surface area contributed by atoms with E-state index in [-0.39, 0.29) is 11.2 Å². The molecule has 0 aliphatic rings. The lowest BCUT2D eigenvalue weighted by molar-refractivity contribution is 0.0526. The van der Waals surface area contributed by atoms with Gasteiger partial charge in [-0.25, -0.2) is 4.79 Å². The summed E-state index contributed by atoms with van der Waals surface area (Å²) < 4.78 is 21.5.